The van der Waals surface area contributed by atoms with E-state index in [0.29, 0.717) is 17.1 Å². The van der Waals surface area contributed by atoms with Crippen molar-refractivity contribution in [3.8, 4) is 17.3 Å². The largest absolute Gasteiger partial charge is 0.467 e. The van der Waals surface area contributed by atoms with Crippen molar-refractivity contribution in [3.63, 3.8) is 0 Å². The molecule has 0 bridgehead atoms. The summed E-state index contributed by atoms with van der Waals surface area (Å²) in [6, 6.07) is 16.0. The van der Waals surface area contributed by atoms with Gasteiger partial charge in [-0.05, 0) is 37.1 Å². The predicted octanol–water partition coefficient (Wildman–Crippen LogP) is 5.47. The van der Waals surface area contributed by atoms with Crippen LogP contribution in [-0.2, 0) is 11.3 Å². The molecule has 0 aliphatic heterocycles. The third kappa shape index (κ3) is 4.58. The first-order valence-corrected chi connectivity index (χ1v) is 11.4. The lowest BCUT2D eigenvalue weighted by molar-refractivity contribution is -0.113. The Morgan fingerprint density at radius 2 is 2.06 bits per heavy atom. The lowest BCUT2D eigenvalue weighted by atomic mass is 10.2. The quantitative estimate of drug-likeness (QED) is 0.379. The highest BCUT2D eigenvalue weighted by molar-refractivity contribution is 7.99. The van der Waals surface area contributed by atoms with Crippen molar-refractivity contribution < 1.29 is 9.21 Å². The van der Waals surface area contributed by atoms with Crippen LogP contribution in [0.5, 0.6) is 0 Å². The minimum Gasteiger partial charge on any atom is -0.467 e. The molecule has 156 valence electrons. The first-order chi connectivity index (χ1) is 15.1. The topological polar surface area (TPSA) is 83.8 Å². The summed E-state index contributed by atoms with van der Waals surface area (Å²) in [6.45, 7) is 4.36. The van der Waals surface area contributed by atoms with Crippen LogP contribution in [0, 0.1) is 25.2 Å². The number of amides is 1. The molecule has 0 saturated heterocycles. The number of anilines is 1. The number of carbonyl (C=O) groups is 1. The number of thioether (sulfide) groups is 1. The minimum atomic E-state index is -0.170. The molecule has 3 aromatic heterocycles. The summed E-state index contributed by atoms with van der Waals surface area (Å²) < 4.78 is 7.58. The van der Waals surface area contributed by atoms with Crippen molar-refractivity contribution in [1.82, 2.24) is 9.55 Å². The van der Waals surface area contributed by atoms with Gasteiger partial charge < -0.3 is 14.3 Å². The predicted molar refractivity (Wildman–Crippen MR) is 123 cm³/mol. The average Bonchev–Trinajstić information content (AvgIpc) is 3.49. The Bertz CT molecular complexity index is 1230. The maximum absolute atomic E-state index is 12.6. The molecular formula is C23H20N4O2S2. The third-order valence-electron chi connectivity index (χ3n) is 4.87. The molecule has 0 radical (unpaired) electrons. The third-order valence-corrected chi connectivity index (χ3v) is 6.98. The van der Waals surface area contributed by atoms with Crippen LogP contribution in [0.2, 0.25) is 0 Å². The first kappa shape index (κ1) is 21.0. The molecule has 3 heterocycles. The second-order valence-corrected chi connectivity index (χ2v) is 9.06. The standard InChI is InChI=1S/C23H20N4O2S2/c1-15-16(2)31-22(19(15)11-24)26-21(28)14-30-23-25-12-20(17-7-4-3-5-8-17)27(23)13-18-9-6-10-29-18/h3-10,12H,13-14H2,1-2H3,(H,26,28). The molecule has 4 rings (SSSR count). The molecule has 0 spiro atoms. The number of nitrogens with one attached hydrogen (secondary N) is 1. The fourth-order valence-corrected chi connectivity index (χ4v) is 4.97. The van der Waals surface area contributed by atoms with Crippen LogP contribution in [0.15, 0.2) is 64.5 Å². The Kier molecular flexibility index (Phi) is 6.26. The molecular weight excluding hydrogens is 428 g/mol. The monoisotopic (exact) mass is 448 g/mol. The first-order valence-electron chi connectivity index (χ1n) is 9.63. The van der Waals surface area contributed by atoms with E-state index in [4.69, 9.17) is 4.42 Å². The second-order valence-electron chi connectivity index (χ2n) is 6.89. The van der Waals surface area contributed by atoms with Crippen molar-refractivity contribution in [2.45, 2.75) is 25.5 Å². The Hall–Kier alpha value is -3.28. The number of aryl methyl sites for hydroxylation is 1. The Labute approximate surface area is 188 Å². The number of hydrogen-bond acceptors (Lipinski definition) is 6. The zero-order valence-corrected chi connectivity index (χ0v) is 18.7. The van der Waals surface area contributed by atoms with Crippen LogP contribution >= 0.6 is 23.1 Å². The van der Waals surface area contributed by atoms with E-state index in [2.05, 4.69) is 16.4 Å². The van der Waals surface area contributed by atoms with Gasteiger partial charge in [-0.1, -0.05) is 42.1 Å². The molecule has 0 fully saturated rings. The van der Waals surface area contributed by atoms with Crippen LogP contribution in [-0.4, -0.2) is 21.2 Å². The van der Waals surface area contributed by atoms with Gasteiger partial charge in [0.25, 0.3) is 0 Å². The summed E-state index contributed by atoms with van der Waals surface area (Å²) in [6.07, 6.45) is 3.46. The van der Waals surface area contributed by atoms with E-state index < -0.39 is 0 Å². The molecule has 8 heteroatoms. The fourth-order valence-electron chi connectivity index (χ4n) is 3.17. The molecule has 1 aromatic carbocycles. The van der Waals surface area contributed by atoms with Gasteiger partial charge in [-0.15, -0.1) is 11.3 Å². The number of imidazole rings is 1. The number of furan rings is 1. The van der Waals surface area contributed by atoms with Gasteiger partial charge in [0.15, 0.2) is 5.16 Å². The minimum absolute atomic E-state index is 0.170. The molecule has 0 aliphatic rings. The van der Waals surface area contributed by atoms with Crippen molar-refractivity contribution in [2.75, 3.05) is 11.1 Å². The summed E-state index contributed by atoms with van der Waals surface area (Å²) >= 11 is 2.78. The molecule has 0 aliphatic carbocycles. The molecule has 1 amide bonds. The van der Waals surface area contributed by atoms with Gasteiger partial charge in [0.1, 0.15) is 16.8 Å². The summed E-state index contributed by atoms with van der Waals surface area (Å²) in [5, 5.41) is 13.6. The highest BCUT2D eigenvalue weighted by Gasteiger charge is 2.17. The van der Waals surface area contributed by atoms with E-state index in [9.17, 15) is 10.1 Å². The smallest absolute Gasteiger partial charge is 0.235 e. The molecule has 1 N–H and O–H groups in total. The number of nitrogens with zero attached hydrogens (tertiary/aromatic N) is 3. The van der Waals surface area contributed by atoms with Gasteiger partial charge in [0.2, 0.25) is 5.91 Å². The van der Waals surface area contributed by atoms with Crippen LogP contribution < -0.4 is 5.32 Å². The van der Waals surface area contributed by atoms with E-state index >= 15 is 0 Å². The maximum Gasteiger partial charge on any atom is 0.235 e. The van der Waals surface area contributed by atoms with Crippen LogP contribution in [0.25, 0.3) is 11.3 Å². The number of rotatable bonds is 7. The number of aromatic nitrogens is 2. The summed E-state index contributed by atoms with van der Waals surface area (Å²) in [5.74, 6) is 0.825. The van der Waals surface area contributed by atoms with Crippen molar-refractivity contribution in [1.29, 1.82) is 5.26 Å². The number of hydrogen-bond donors (Lipinski definition) is 1. The highest BCUT2D eigenvalue weighted by Crippen LogP contribution is 2.32. The summed E-state index contributed by atoms with van der Waals surface area (Å²) in [7, 11) is 0. The van der Waals surface area contributed by atoms with E-state index in [1.807, 2.05) is 67.1 Å². The van der Waals surface area contributed by atoms with Gasteiger partial charge in [-0.25, -0.2) is 4.98 Å². The van der Waals surface area contributed by atoms with E-state index in [1.54, 1.807) is 6.26 Å². The van der Waals surface area contributed by atoms with Crippen molar-refractivity contribution >= 4 is 34.0 Å². The normalized spacial score (nSPS) is 10.7. The fraction of sp³-hybridized carbons (Fsp3) is 0.174. The number of benzene rings is 1. The molecule has 4 aromatic rings. The highest BCUT2D eigenvalue weighted by atomic mass is 32.2. The SMILES string of the molecule is Cc1sc(NC(=O)CSc2ncc(-c3ccccc3)n2Cc2ccco2)c(C#N)c1C. The molecule has 0 saturated carbocycles. The van der Waals surface area contributed by atoms with Gasteiger partial charge in [-0.3, -0.25) is 4.79 Å². The average molecular weight is 449 g/mol. The lowest BCUT2D eigenvalue weighted by Crippen LogP contribution is -2.14. The Morgan fingerprint density at radius 1 is 1.26 bits per heavy atom. The lowest BCUT2D eigenvalue weighted by Gasteiger charge is -2.11. The van der Waals surface area contributed by atoms with Crippen LogP contribution in [0.1, 0.15) is 21.8 Å². The van der Waals surface area contributed by atoms with Gasteiger partial charge in [-0.2, -0.15) is 5.26 Å². The molecule has 0 unspecified atom stereocenters. The zero-order valence-electron chi connectivity index (χ0n) is 17.1. The van der Waals surface area contributed by atoms with Crippen molar-refractivity contribution in [3.05, 3.63) is 76.7 Å². The molecule has 31 heavy (non-hydrogen) atoms. The molecule has 0 atom stereocenters. The maximum atomic E-state index is 12.6. The van der Waals surface area contributed by atoms with Gasteiger partial charge in [0.05, 0.1) is 36.0 Å². The second kappa shape index (κ2) is 9.25. The number of nitriles is 1. The van der Waals surface area contributed by atoms with E-state index in [-0.39, 0.29) is 11.7 Å². The van der Waals surface area contributed by atoms with Gasteiger partial charge >= 0.3 is 0 Å². The van der Waals surface area contributed by atoms with Crippen LogP contribution in [0.3, 0.4) is 0 Å². The Balaban J connectivity index is 1.53. The zero-order chi connectivity index (χ0) is 21.8. The van der Waals surface area contributed by atoms with E-state index in [1.165, 1.54) is 23.1 Å². The summed E-state index contributed by atoms with van der Waals surface area (Å²) in [5.41, 5.74) is 3.45. The number of thiophene rings is 1. The van der Waals surface area contributed by atoms with Crippen molar-refractivity contribution in [2.24, 2.45) is 0 Å². The number of carbonyl (C=O) groups excluding carboxylic acids is 1. The Morgan fingerprint density at radius 3 is 2.77 bits per heavy atom. The van der Waals surface area contributed by atoms with Crippen LogP contribution in [0.4, 0.5) is 5.00 Å². The summed E-state index contributed by atoms with van der Waals surface area (Å²) in [4.78, 5) is 18.2. The van der Waals surface area contributed by atoms with E-state index in [0.717, 1.165) is 32.6 Å². The molecule has 6 nitrogen and oxygen atoms in total. The van der Waals surface area contributed by atoms with Gasteiger partial charge in [0, 0.05) is 4.88 Å².